The van der Waals surface area contributed by atoms with Crippen molar-refractivity contribution in [3.05, 3.63) is 57.1 Å². The van der Waals surface area contributed by atoms with Crippen LogP contribution in [0, 0.1) is 10.1 Å². The number of ether oxygens (including phenoxy) is 2. The number of carbonyl (C=O) groups is 1. The van der Waals surface area contributed by atoms with Crippen molar-refractivity contribution in [3.63, 3.8) is 0 Å². The lowest BCUT2D eigenvalue weighted by atomic mass is 10.0. The standard InChI is InChI=1S/C24H28ClF3N4O5/c1-23(2,3)37-22(33)29-13-15-14-31(12-11-30(15)4)21-17(32(34)35)9-10-19(20(21)24(26,27)28)36-18-8-6-5-7-16(18)25/h5-10,15H,11-14H2,1-4H3,(H,29,33)/t15-/m0/s1. The van der Waals surface area contributed by atoms with Crippen molar-refractivity contribution in [2.75, 3.05) is 38.1 Å². The molecule has 1 aliphatic heterocycles. The van der Waals surface area contributed by atoms with Gasteiger partial charge in [-0.15, -0.1) is 0 Å². The van der Waals surface area contributed by atoms with E-state index in [4.69, 9.17) is 21.1 Å². The van der Waals surface area contributed by atoms with E-state index >= 15 is 0 Å². The van der Waals surface area contributed by atoms with E-state index in [0.717, 1.165) is 12.1 Å². The van der Waals surface area contributed by atoms with Crippen LogP contribution in [0.5, 0.6) is 11.5 Å². The van der Waals surface area contributed by atoms with Crippen LogP contribution in [-0.4, -0.2) is 60.8 Å². The highest BCUT2D eigenvalue weighted by atomic mass is 35.5. The lowest BCUT2D eigenvalue weighted by Crippen LogP contribution is -2.56. The number of nitro groups is 1. The zero-order chi connectivity index (χ0) is 27.5. The number of nitrogens with one attached hydrogen (secondary N) is 1. The van der Waals surface area contributed by atoms with Crippen LogP contribution in [0.4, 0.5) is 29.3 Å². The summed E-state index contributed by atoms with van der Waals surface area (Å²) in [5.41, 5.74) is -3.30. The summed E-state index contributed by atoms with van der Waals surface area (Å²) in [4.78, 5) is 26.2. The van der Waals surface area contributed by atoms with Crippen molar-refractivity contribution in [2.45, 2.75) is 38.6 Å². The number of alkyl halides is 3. The molecule has 2 aromatic carbocycles. The van der Waals surface area contributed by atoms with E-state index in [9.17, 15) is 28.1 Å². The molecule has 202 valence electrons. The molecule has 0 aliphatic carbocycles. The van der Waals surface area contributed by atoms with Crippen LogP contribution in [0.25, 0.3) is 0 Å². The second kappa shape index (κ2) is 11.0. The number of hydrogen-bond donors (Lipinski definition) is 1. The number of halogens is 4. The average Bonchev–Trinajstić information content (AvgIpc) is 2.77. The number of alkyl carbamates (subject to hydrolysis) is 1. The normalized spacial score (nSPS) is 16.9. The van der Waals surface area contributed by atoms with Gasteiger partial charge in [0.05, 0.1) is 9.95 Å². The zero-order valence-corrected chi connectivity index (χ0v) is 21.5. The zero-order valence-electron chi connectivity index (χ0n) is 20.8. The molecule has 13 heteroatoms. The maximum atomic E-state index is 14.4. The lowest BCUT2D eigenvalue weighted by Gasteiger charge is -2.41. The number of benzene rings is 2. The molecule has 0 saturated carbocycles. The summed E-state index contributed by atoms with van der Waals surface area (Å²) >= 11 is 6.07. The first-order valence-corrected chi connectivity index (χ1v) is 11.8. The lowest BCUT2D eigenvalue weighted by molar-refractivity contribution is -0.384. The fourth-order valence-corrected chi connectivity index (χ4v) is 4.09. The molecule has 9 nitrogen and oxygen atoms in total. The number of carbonyl (C=O) groups excluding carboxylic acids is 1. The fraction of sp³-hybridized carbons (Fsp3) is 0.458. The van der Waals surface area contributed by atoms with Gasteiger partial charge in [-0.3, -0.25) is 15.0 Å². The molecule has 1 aliphatic rings. The summed E-state index contributed by atoms with van der Waals surface area (Å²) in [6.07, 6.45) is -5.65. The Bertz CT molecular complexity index is 1160. The van der Waals surface area contributed by atoms with Gasteiger partial charge in [0.25, 0.3) is 5.69 Å². The smallest absolute Gasteiger partial charge is 0.422 e. The van der Waals surface area contributed by atoms with Crippen LogP contribution in [0.1, 0.15) is 26.3 Å². The second-order valence-corrected chi connectivity index (χ2v) is 9.96. The minimum atomic E-state index is -4.98. The molecular weight excluding hydrogens is 517 g/mol. The monoisotopic (exact) mass is 544 g/mol. The van der Waals surface area contributed by atoms with E-state index in [2.05, 4.69) is 5.32 Å². The van der Waals surface area contributed by atoms with E-state index in [1.807, 2.05) is 4.90 Å². The molecule has 0 unspecified atom stereocenters. The quantitative estimate of drug-likeness (QED) is 0.368. The molecule has 1 amide bonds. The number of anilines is 1. The predicted octanol–water partition coefficient (Wildman–Crippen LogP) is 5.70. The highest BCUT2D eigenvalue weighted by molar-refractivity contribution is 6.32. The van der Waals surface area contributed by atoms with Crippen LogP contribution in [0.2, 0.25) is 5.02 Å². The molecule has 3 rings (SSSR count). The summed E-state index contributed by atoms with van der Waals surface area (Å²) in [5.74, 6) is -0.629. The maximum absolute atomic E-state index is 14.4. The van der Waals surface area contributed by atoms with Gasteiger partial charge in [0.15, 0.2) is 0 Å². The number of amides is 1. The van der Waals surface area contributed by atoms with Gasteiger partial charge in [0.2, 0.25) is 0 Å². The Labute approximate surface area is 217 Å². The first-order chi connectivity index (χ1) is 17.2. The van der Waals surface area contributed by atoms with Crippen LogP contribution < -0.4 is 15.0 Å². The van der Waals surface area contributed by atoms with Crippen LogP contribution in [0.15, 0.2) is 36.4 Å². The molecule has 1 saturated heterocycles. The average molecular weight is 545 g/mol. The first-order valence-electron chi connectivity index (χ1n) is 11.4. The van der Waals surface area contributed by atoms with Gasteiger partial charge in [-0.1, -0.05) is 23.7 Å². The SMILES string of the molecule is CN1CCN(c2c([N+](=O)[O-])ccc(Oc3ccccc3Cl)c2C(F)(F)F)C[C@@H]1CNC(=O)OC(C)(C)C. The van der Waals surface area contributed by atoms with Gasteiger partial charge in [0.1, 0.15) is 28.4 Å². The van der Waals surface area contributed by atoms with E-state index in [0.29, 0.717) is 6.54 Å². The van der Waals surface area contributed by atoms with Gasteiger partial charge < -0.3 is 19.7 Å². The van der Waals surface area contributed by atoms with Gasteiger partial charge in [-0.25, -0.2) is 4.79 Å². The Hall–Kier alpha value is -3.25. The summed E-state index contributed by atoms with van der Waals surface area (Å²) in [7, 11) is 1.76. The molecular formula is C24H28ClF3N4O5. The van der Waals surface area contributed by atoms with E-state index in [-0.39, 0.29) is 30.4 Å². The third-order valence-corrected chi connectivity index (χ3v) is 5.94. The Morgan fingerprint density at radius 2 is 1.84 bits per heavy atom. The fourth-order valence-electron chi connectivity index (χ4n) is 3.92. The number of likely N-dealkylation sites (N-methyl/N-ethyl adjacent to an activating group) is 1. The number of piperazine rings is 1. The van der Waals surface area contributed by atoms with Gasteiger partial charge in [-0.05, 0) is 46.0 Å². The van der Waals surface area contributed by atoms with Crippen molar-refractivity contribution in [3.8, 4) is 11.5 Å². The third-order valence-electron chi connectivity index (χ3n) is 5.63. The number of nitro benzene ring substituents is 1. The van der Waals surface area contributed by atoms with E-state index in [1.54, 1.807) is 40.0 Å². The molecule has 1 N–H and O–H groups in total. The third kappa shape index (κ3) is 7.16. The molecule has 1 fully saturated rings. The highest BCUT2D eigenvalue weighted by Crippen LogP contribution is 2.49. The number of rotatable bonds is 6. The molecule has 0 radical (unpaired) electrons. The van der Waals surface area contributed by atoms with Crippen molar-refractivity contribution in [1.29, 1.82) is 0 Å². The Kier molecular flexibility index (Phi) is 8.43. The summed E-state index contributed by atoms with van der Waals surface area (Å²) in [6, 6.07) is 7.46. The van der Waals surface area contributed by atoms with Crippen molar-refractivity contribution in [2.24, 2.45) is 0 Å². The Morgan fingerprint density at radius 1 is 1.16 bits per heavy atom. The van der Waals surface area contributed by atoms with Gasteiger partial charge in [-0.2, -0.15) is 13.2 Å². The number of nitrogens with zero attached hydrogens (tertiary/aromatic N) is 3. The van der Waals surface area contributed by atoms with Crippen LogP contribution in [0.3, 0.4) is 0 Å². The summed E-state index contributed by atoms with van der Waals surface area (Å²) < 4.78 is 54.1. The molecule has 1 heterocycles. The van der Waals surface area contributed by atoms with Crippen molar-refractivity contribution < 1.29 is 32.4 Å². The van der Waals surface area contributed by atoms with Crippen LogP contribution in [-0.2, 0) is 10.9 Å². The molecule has 1 atom stereocenters. The van der Waals surface area contributed by atoms with Crippen LogP contribution >= 0.6 is 11.6 Å². The minimum absolute atomic E-state index is 0.0210. The predicted molar refractivity (Wildman–Crippen MR) is 132 cm³/mol. The largest absolute Gasteiger partial charge is 0.455 e. The van der Waals surface area contributed by atoms with Crippen molar-refractivity contribution >= 4 is 29.1 Å². The molecule has 2 aromatic rings. The Balaban J connectivity index is 1.99. The first kappa shape index (κ1) is 28.3. The minimum Gasteiger partial charge on any atom is -0.455 e. The highest BCUT2D eigenvalue weighted by Gasteiger charge is 2.44. The van der Waals surface area contributed by atoms with Gasteiger partial charge >= 0.3 is 12.3 Å². The second-order valence-electron chi connectivity index (χ2n) is 9.56. The Morgan fingerprint density at radius 3 is 2.43 bits per heavy atom. The molecule has 0 bridgehead atoms. The van der Waals surface area contributed by atoms with E-state index in [1.165, 1.54) is 17.0 Å². The topological polar surface area (TPSA) is 97.2 Å². The van der Waals surface area contributed by atoms with Crippen molar-refractivity contribution in [1.82, 2.24) is 10.2 Å². The number of hydrogen-bond acceptors (Lipinski definition) is 7. The summed E-state index contributed by atoms with van der Waals surface area (Å²) in [5, 5.41) is 14.5. The molecule has 0 spiro atoms. The van der Waals surface area contributed by atoms with E-state index < -0.39 is 51.5 Å². The maximum Gasteiger partial charge on any atom is 0.422 e. The summed E-state index contributed by atoms with van der Waals surface area (Å²) in [6.45, 7) is 5.53. The van der Waals surface area contributed by atoms with Gasteiger partial charge in [0, 0.05) is 38.3 Å². The molecule has 0 aromatic heterocycles. The number of para-hydroxylation sites is 1. The molecule has 37 heavy (non-hydrogen) atoms.